The van der Waals surface area contributed by atoms with Crippen LogP contribution in [0.1, 0.15) is 32.7 Å². The average molecular weight is 409 g/mol. The molecule has 0 unspecified atom stereocenters. The van der Waals surface area contributed by atoms with Crippen molar-refractivity contribution >= 4 is 55.4 Å². The highest BCUT2D eigenvalue weighted by molar-refractivity contribution is 6.39. The van der Waals surface area contributed by atoms with E-state index in [9.17, 15) is 14.7 Å². The molecule has 0 atom stereocenters. The summed E-state index contributed by atoms with van der Waals surface area (Å²) in [4.78, 5) is 26.1. The second-order valence-electron chi connectivity index (χ2n) is 8.44. The second-order valence-corrected chi connectivity index (χ2v) is 8.44. The van der Waals surface area contributed by atoms with Crippen LogP contribution in [0.5, 0.6) is 0 Å². The third-order valence-corrected chi connectivity index (χ3v) is 6.94. The third-order valence-electron chi connectivity index (χ3n) is 6.94. The highest BCUT2D eigenvalue weighted by atomic mass is 16.3. The van der Waals surface area contributed by atoms with E-state index in [2.05, 4.69) is 26.6 Å². The molecule has 152 valence electrons. The van der Waals surface area contributed by atoms with Crippen LogP contribution in [-0.2, 0) is 19.5 Å². The van der Waals surface area contributed by atoms with Crippen LogP contribution in [0, 0.1) is 0 Å². The van der Waals surface area contributed by atoms with Crippen molar-refractivity contribution in [1.82, 2.24) is 14.5 Å². The largest absolute Gasteiger partial charge is 0.395 e. The molecule has 2 aliphatic heterocycles. The summed E-state index contributed by atoms with van der Waals surface area (Å²) in [5.41, 5.74) is 6.26. The first-order valence-corrected chi connectivity index (χ1v) is 10.7. The highest BCUT2D eigenvalue weighted by Crippen LogP contribution is 2.46. The summed E-state index contributed by atoms with van der Waals surface area (Å²) in [6.07, 6.45) is 2.03. The zero-order valence-electron chi connectivity index (χ0n) is 16.7. The fourth-order valence-electron chi connectivity index (χ4n) is 5.91. The summed E-state index contributed by atoms with van der Waals surface area (Å²) in [6.45, 7) is 1.27. The molecule has 3 aromatic carbocycles. The quantitative estimate of drug-likeness (QED) is 0.436. The lowest BCUT2D eigenvalue weighted by Gasteiger charge is -2.17. The van der Waals surface area contributed by atoms with Crippen LogP contribution in [0.4, 0.5) is 0 Å². The molecule has 5 aromatic rings. The molecule has 0 fully saturated rings. The Hall–Kier alpha value is -3.64. The van der Waals surface area contributed by atoms with Crippen molar-refractivity contribution in [2.24, 2.45) is 0 Å². The Morgan fingerprint density at radius 3 is 2.42 bits per heavy atom. The number of aliphatic hydroxyl groups is 1. The first-order chi connectivity index (χ1) is 15.2. The van der Waals surface area contributed by atoms with Crippen molar-refractivity contribution < 1.29 is 14.7 Å². The van der Waals surface area contributed by atoms with Gasteiger partial charge >= 0.3 is 0 Å². The summed E-state index contributed by atoms with van der Waals surface area (Å²) in [7, 11) is 0. The topological polar surface area (TPSA) is 76.3 Å². The van der Waals surface area contributed by atoms with Crippen molar-refractivity contribution in [3.63, 3.8) is 0 Å². The number of hydrogen-bond acceptors (Lipinski definition) is 3. The van der Waals surface area contributed by atoms with Gasteiger partial charge in [-0.1, -0.05) is 36.4 Å². The van der Waals surface area contributed by atoms with Crippen molar-refractivity contribution in [2.75, 3.05) is 6.61 Å². The van der Waals surface area contributed by atoms with E-state index in [4.69, 9.17) is 0 Å². The van der Waals surface area contributed by atoms with Crippen LogP contribution in [0.25, 0.3) is 43.6 Å². The summed E-state index contributed by atoms with van der Waals surface area (Å²) < 4.78 is 4.44. The molecule has 6 nitrogen and oxygen atoms in total. The summed E-state index contributed by atoms with van der Waals surface area (Å²) in [6, 6.07) is 14.2. The maximum Gasteiger partial charge on any atom is 0.259 e. The molecule has 4 heterocycles. The predicted octanol–water partition coefficient (Wildman–Crippen LogP) is 3.72. The van der Waals surface area contributed by atoms with E-state index in [-0.39, 0.29) is 18.4 Å². The van der Waals surface area contributed by atoms with Crippen LogP contribution in [0.2, 0.25) is 0 Å². The van der Waals surface area contributed by atoms with Crippen molar-refractivity contribution in [3.8, 4) is 0 Å². The molecular weight excluding hydrogens is 390 g/mol. The number of aryl methyl sites for hydroxylation is 2. The molecule has 31 heavy (non-hydrogen) atoms. The Morgan fingerprint density at radius 2 is 1.61 bits per heavy atom. The number of fused-ring (bicyclic) bond motifs is 10. The minimum Gasteiger partial charge on any atom is -0.395 e. The number of aromatic nitrogens is 2. The van der Waals surface area contributed by atoms with Crippen LogP contribution in [-0.4, -0.2) is 32.7 Å². The Balaban J connectivity index is 1.89. The van der Waals surface area contributed by atoms with Crippen molar-refractivity contribution in [1.29, 1.82) is 0 Å². The third kappa shape index (κ3) is 1.92. The number of amides is 2. The number of carbonyl (C=O) groups excluding carboxylic acids is 2. The van der Waals surface area contributed by atoms with E-state index < -0.39 is 0 Å². The monoisotopic (exact) mass is 409 g/mol. The Labute approximate surface area is 176 Å². The Kier molecular flexibility index (Phi) is 3.16. The van der Waals surface area contributed by atoms with Crippen LogP contribution in [0.15, 0.2) is 42.5 Å². The van der Waals surface area contributed by atoms with Gasteiger partial charge in [0.15, 0.2) is 0 Å². The number of carbonyl (C=O) groups is 2. The van der Waals surface area contributed by atoms with Crippen molar-refractivity contribution in [3.05, 3.63) is 59.2 Å². The fourth-order valence-corrected chi connectivity index (χ4v) is 5.91. The number of nitrogens with zero attached hydrogens (tertiary/aromatic N) is 2. The van der Waals surface area contributed by atoms with Gasteiger partial charge in [-0.3, -0.25) is 14.9 Å². The Morgan fingerprint density at radius 1 is 0.871 bits per heavy atom. The van der Waals surface area contributed by atoms with E-state index >= 15 is 0 Å². The van der Waals surface area contributed by atoms with E-state index in [1.54, 1.807) is 0 Å². The van der Waals surface area contributed by atoms with Crippen LogP contribution in [0.3, 0.4) is 0 Å². The molecule has 6 heteroatoms. The summed E-state index contributed by atoms with van der Waals surface area (Å²) in [5.74, 6) is -0.666. The number of para-hydroxylation sites is 2. The number of benzene rings is 3. The van der Waals surface area contributed by atoms with Gasteiger partial charge in [-0.25, -0.2) is 0 Å². The molecule has 7 rings (SSSR count). The number of imide groups is 1. The number of rotatable bonds is 2. The van der Waals surface area contributed by atoms with Gasteiger partial charge in [0, 0.05) is 40.2 Å². The molecule has 0 saturated heterocycles. The molecule has 0 aliphatic carbocycles. The molecule has 2 aliphatic rings. The zero-order valence-corrected chi connectivity index (χ0v) is 16.7. The van der Waals surface area contributed by atoms with Gasteiger partial charge < -0.3 is 14.2 Å². The smallest absolute Gasteiger partial charge is 0.259 e. The minimum atomic E-state index is -0.342. The van der Waals surface area contributed by atoms with E-state index in [0.29, 0.717) is 17.7 Å². The molecule has 0 bridgehead atoms. The van der Waals surface area contributed by atoms with Crippen molar-refractivity contribution in [2.45, 2.75) is 25.9 Å². The fraction of sp³-hybridized carbons (Fsp3) is 0.200. The van der Waals surface area contributed by atoms with Gasteiger partial charge in [0.25, 0.3) is 11.8 Å². The van der Waals surface area contributed by atoms with Gasteiger partial charge in [0.1, 0.15) is 0 Å². The lowest BCUT2D eigenvalue weighted by Crippen LogP contribution is -2.20. The SMILES string of the molecule is O=C1NC(=O)c2c1c1c3ccccc3n(CCO)c1c1c2c2cccc3c2n1CCC3. The summed E-state index contributed by atoms with van der Waals surface area (Å²) >= 11 is 0. The maximum absolute atomic E-state index is 13.1. The van der Waals surface area contributed by atoms with Gasteiger partial charge in [0.05, 0.1) is 34.3 Å². The molecule has 0 radical (unpaired) electrons. The Bertz CT molecular complexity index is 1640. The van der Waals surface area contributed by atoms with Gasteiger partial charge in [-0.2, -0.15) is 0 Å². The molecule has 2 aromatic heterocycles. The molecule has 0 spiro atoms. The van der Waals surface area contributed by atoms with Crippen LogP contribution < -0.4 is 5.32 Å². The second kappa shape index (κ2) is 5.74. The number of nitrogens with one attached hydrogen (secondary N) is 1. The molecule has 0 saturated carbocycles. The lowest BCUT2D eigenvalue weighted by molar-refractivity contribution is 0.0880. The van der Waals surface area contributed by atoms with Gasteiger partial charge in [0.2, 0.25) is 0 Å². The minimum absolute atomic E-state index is 0.0110. The van der Waals surface area contributed by atoms with E-state index in [1.807, 2.05) is 30.3 Å². The zero-order chi connectivity index (χ0) is 20.9. The molecule has 2 N–H and O–H groups in total. The van der Waals surface area contributed by atoms with E-state index in [0.717, 1.165) is 63.0 Å². The first kappa shape index (κ1) is 17.1. The normalized spacial score (nSPS) is 15.5. The van der Waals surface area contributed by atoms with Crippen LogP contribution >= 0.6 is 0 Å². The summed E-state index contributed by atoms with van der Waals surface area (Å²) in [5, 5.41) is 16.0. The predicted molar refractivity (Wildman–Crippen MR) is 120 cm³/mol. The molecular formula is C25H19N3O3. The van der Waals surface area contributed by atoms with Gasteiger partial charge in [-0.15, -0.1) is 0 Å². The van der Waals surface area contributed by atoms with Gasteiger partial charge in [-0.05, 0) is 24.5 Å². The highest BCUT2D eigenvalue weighted by Gasteiger charge is 2.37. The van der Waals surface area contributed by atoms with E-state index in [1.165, 1.54) is 5.56 Å². The lowest BCUT2D eigenvalue weighted by atomic mass is 9.96. The number of aliphatic hydroxyl groups excluding tert-OH is 1. The average Bonchev–Trinajstić information content (AvgIpc) is 3.39. The molecule has 2 amide bonds. The maximum atomic E-state index is 13.1. The number of hydrogen-bond donors (Lipinski definition) is 2. The standard InChI is InChI=1S/C25H19N3O3/c29-12-11-27-16-9-2-1-7-14(16)17-19-20(25(31)26-24(19)30)18-15-8-3-5-13-6-4-10-28(21(13)15)23(18)22(17)27/h1-3,5,7-9,29H,4,6,10-12H2,(H,26,30,31). The first-order valence-electron chi connectivity index (χ1n) is 10.7.